The highest BCUT2D eigenvalue weighted by atomic mass is 16.5. The van der Waals surface area contributed by atoms with E-state index in [9.17, 15) is 9.90 Å². The van der Waals surface area contributed by atoms with Crippen molar-refractivity contribution in [3.05, 3.63) is 65.9 Å². The Morgan fingerprint density at radius 2 is 2.05 bits per heavy atom. The molecule has 4 nitrogen and oxygen atoms in total. The minimum Gasteiger partial charge on any atom is -0.508 e. The van der Waals surface area contributed by atoms with Crippen LogP contribution in [0, 0.1) is 0 Å². The number of phenols is 1. The van der Waals surface area contributed by atoms with Crippen LogP contribution in [0.4, 0.5) is 0 Å². The van der Waals surface area contributed by atoms with Crippen molar-refractivity contribution in [1.29, 1.82) is 0 Å². The average Bonchev–Trinajstić information content (AvgIpc) is 2.89. The summed E-state index contributed by atoms with van der Waals surface area (Å²) in [5.74, 6) is -0.0994. The van der Waals surface area contributed by atoms with E-state index in [4.69, 9.17) is 4.74 Å². The number of aromatic hydroxyl groups is 1. The molecule has 0 radical (unpaired) electrons. The second kappa shape index (κ2) is 5.32. The van der Waals surface area contributed by atoms with Crippen LogP contribution in [0.5, 0.6) is 5.75 Å². The molecule has 0 bridgehead atoms. The fourth-order valence-electron chi connectivity index (χ4n) is 2.42. The number of benzene rings is 2. The van der Waals surface area contributed by atoms with Gasteiger partial charge >= 0.3 is 5.97 Å². The monoisotopic (exact) mass is 281 g/mol. The van der Waals surface area contributed by atoms with E-state index in [2.05, 4.69) is 0 Å². The van der Waals surface area contributed by atoms with Crippen LogP contribution >= 0.6 is 0 Å². The molecule has 1 aromatic heterocycles. The van der Waals surface area contributed by atoms with Crippen LogP contribution in [0.1, 0.15) is 15.9 Å². The summed E-state index contributed by atoms with van der Waals surface area (Å²) in [5.41, 5.74) is 2.49. The summed E-state index contributed by atoms with van der Waals surface area (Å²) >= 11 is 0. The van der Waals surface area contributed by atoms with Crippen LogP contribution in [-0.4, -0.2) is 22.8 Å². The van der Waals surface area contributed by atoms with Crippen molar-refractivity contribution >= 4 is 16.9 Å². The van der Waals surface area contributed by atoms with Crippen molar-refractivity contribution in [2.24, 2.45) is 0 Å². The quantitative estimate of drug-likeness (QED) is 0.750. The summed E-state index contributed by atoms with van der Waals surface area (Å²) in [7, 11) is 1.37. The zero-order valence-electron chi connectivity index (χ0n) is 11.6. The third-order valence-corrected chi connectivity index (χ3v) is 3.46. The lowest BCUT2D eigenvalue weighted by molar-refractivity contribution is 0.0600. The number of phenolic OH excluding ortho intramolecular Hbond substituents is 1. The number of aromatic nitrogens is 1. The Balaban J connectivity index is 1.95. The summed E-state index contributed by atoms with van der Waals surface area (Å²) in [5, 5.41) is 10.7. The molecule has 1 heterocycles. The second-order valence-electron chi connectivity index (χ2n) is 4.88. The maximum absolute atomic E-state index is 11.6. The lowest BCUT2D eigenvalue weighted by Gasteiger charge is -2.07. The molecule has 4 heteroatoms. The maximum atomic E-state index is 11.6. The molecule has 106 valence electrons. The zero-order chi connectivity index (χ0) is 14.8. The minimum absolute atomic E-state index is 0.241. The third-order valence-electron chi connectivity index (χ3n) is 3.46. The van der Waals surface area contributed by atoms with Gasteiger partial charge in [-0.05, 0) is 41.3 Å². The highest BCUT2D eigenvalue weighted by Crippen LogP contribution is 2.22. The normalized spacial score (nSPS) is 10.7. The first-order valence-electron chi connectivity index (χ1n) is 6.62. The van der Waals surface area contributed by atoms with Crippen molar-refractivity contribution < 1.29 is 14.6 Å². The van der Waals surface area contributed by atoms with Crippen molar-refractivity contribution in [3.8, 4) is 5.75 Å². The van der Waals surface area contributed by atoms with Crippen LogP contribution in [0.25, 0.3) is 10.9 Å². The molecule has 3 aromatic rings. The topological polar surface area (TPSA) is 51.5 Å². The van der Waals surface area contributed by atoms with Gasteiger partial charge in [0, 0.05) is 18.8 Å². The number of nitrogens with zero attached hydrogens (tertiary/aromatic N) is 1. The lowest BCUT2D eigenvalue weighted by atomic mass is 10.1. The molecule has 0 amide bonds. The first kappa shape index (κ1) is 13.2. The molecule has 0 fully saturated rings. The van der Waals surface area contributed by atoms with E-state index in [1.807, 2.05) is 41.1 Å². The van der Waals surface area contributed by atoms with E-state index < -0.39 is 0 Å². The van der Waals surface area contributed by atoms with E-state index in [1.54, 1.807) is 18.2 Å². The number of rotatable bonds is 3. The second-order valence-corrected chi connectivity index (χ2v) is 4.88. The van der Waals surface area contributed by atoms with Gasteiger partial charge in [-0.1, -0.05) is 12.1 Å². The molecular formula is C17H15NO3. The number of fused-ring (bicyclic) bond motifs is 1. The van der Waals surface area contributed by atoms with E-state index in [-0.39, 0.29) is 11.7 Å². The molecule has 0 saturated heterocycles. The van der Waals surface area contributed by atoms with E-state index in [1.165, 1.54) is 7.11 Å². The predicted molar refractivity (Wildman–Crippen MR) is 80.5 cm³/mol. The average molecular weight is 281 g/mol. The summed E-state index contributed by atoms with van der Waals surface area (Å²) in [6.07, 6.45) is 1.97. The van der Waals surface area contributed by atoms with E-state index >= 15 is 0 Å². The van der Waals surface area contributed by atoms with E-state index in [0.717, 1.165) is 16.5 Å². The standard InChI is InChI=1S/C17H15NO3/c1-21-17(20)14-4-2-3-12(9-14)11-18-8-7-13-5-6-15(19)10-16(13)18/h2-10,19H,11H2,1H3. The minimum atomic E-state index is -0.341. The Hall–Kier alpha value is -2.75. The smallest absolute Gasteiger partial charge is 0.337 e. The number of hydrogen-bond acceptors (Lipinski definition) is 3. The largest absolute Gasteiger partial charge is 0.508 e. The van der Waals surface area contributed by atoms with Crippen LogP contribution in [0.2, 0.25) is 0 Å². The Morgan fingerprint density at radius 1 is 1.19 bits per heavy atom. The highest BCUT2D eigenvalue weighted by Gasteiger charge is 2.07. The van der Waals surface area contributed by atoms with Gasteiger partial charge in [0.25, 0.3) is 0 Å². The number of ether oxygens (including phenoxy) is 1. The molecule has 3 rings (SSSR count). The first-order valence-corrected chi connectivity index (χ1v) is 6.62. The molecule has 0 atom stereocenters. The Morgan fingerprint density at radius 3 is 2.86 bits per heavy atom. The number of methoxy groups -OCH3 is 1. The van der Waals surface area contributed by atoms with Gasteiger partial charge in [-0.3, -0.25) is 0 Å². The molecule has 0 unspecified atom stereocenters. The number of carbonyl (C=O) groups excluding carboxylic acids is 1. The fraction of sp³-hybridized carbons (Fsp3) is 0.118. The van der Waals surface area contributed by atoms with E-state index in [0.29, 0.717) is 12.1 Å². The molecule has 2 aromatic carbocycles. The van der Waals surface area contributed by atoms with Crippen LogP contribution in [0.15, 0.2) is 54.7 Å². The number of hydrogen-bond donors (Lipinski definition) is 1. The first-order chi connectivity index (χ1) is 10.2. The molecule has 0 aliphatic carbocycles. The Kier molecular flexibility index (Phi) is 3.36. The van der Waals surface area contributed by atoms with Gasteiger partial charge in [0.1, 0.15) is 5.75 Å². The number of esters is 1. The van der Waals surface area contributed by atoms with Crippen LogP contribution in [-0.2, 0) is 11.3 Å². The highest BCUT2D eigenvalue weighted by molar-refractivity contribution is 5.89. The summed E-state index contributed by atoms with van der Waals surface area (Å²) in [4.78, 5) is 11.6. The Labute approximate surface area is 122 Å². The fourth-order valence-corrected chi connectivity index (χ4v) is 2.42. The van der Waals surface area contributed by atoms with Crippen molar-refractivity contribution in [2.75, 3.05) is 7.11 Å². The van der Waals surface area contributed by atoms with Crippen molar-refractivity contribution in [2.45, 2.75) is 6.54 Å². The summed E-state index contributed by atoms with van der Waals surface area (Å²) < 4.78 is 6.77. The molecule has 1 N–H and O–H groups in total. The molecule has 21 heavy (non-hydrogen) atoms. The van der Waals surface area contributed by atoms with Gasteiger partial charge in [-0.2, -0.15) is 0 Å². The van der Waals surface area contributed by atoms with Gasteiger partial charge in [0.15, 0.2) is 0 Å². The van der Waals surface area contributed by atoms with Crippen LogP contribution < -0.4 is 0 Å². The van der Waals surface area contributed by atoms with Crippen molar-refractivity contribution in [3.63, 3.8) is 0 Å². The van der Waals surface area contributed by atoms with Gasteiger partial charge in [0.05, 0.1) is 18.2 Å². The summed E-state index contributed by atoms with van der Waals surface area (Å²) in [6, 6.07) is 14.6. The SMILES string of the molecule is COC(=O)c1cccc(Cn2ccc3ccc(O)cc32)c1. The molecule has 0 saturated carbocycles. The maximum Gasteiger partial charge on any atom is 0.337 e. The third kappa shape index (κ3) is 2.60. The Bertz CT molecular complexity index is 805. The lowest BCUT2D eigenvalue weighted by Crippen LogP contribution is -2.03. The van der Waals surface area contributed by atoms with Crippen molar-refractivity contribution in [1.82, 2.24) is 4.57 Å². The molecular weight excluding hydrogens is 266 g/mol. The predicted octanol–water partition coefficient (Wildman–Crippen LogP) is 3.18. The van der Waals surface area contributed by atoms with Crippen LogP contribution in [0.3, 0.4) is 0 Å². The van der Waals surface area contributed by atoms with Gasteiger partial charge in [0.2, 0.25) is 0 Å². The molecule has 0 spiro atoms. The molecule has 0 aliphatic heterocycles. The van der Waals surface area contributed by atoms with Gasteiger partial charge < -0.3 is 14.4 Å². The van der Waals surface area contributed by atoms with Gasteiger partial charge in [-0.15, -0.1) is 0 Å². The zero-order valence-corrected chi connectivity index (χ0v) is 11.6. The molecule has 0 aliphatic rings. The van der Waals surface area contributed by atoms with Gasteiger partial charge in [-0.25, -0.2) is 4.79 Å². The number of carbonyl (C=O) groups is 1. The summed E-state index contributed by atoms with van der Waals surface area (Å²) in [6.45, 7) is 0.623.